The predicted octanol–water partition coefficient (Wildman–Crippen LogP) is 2.61. The maximum Gasteiger partial charge on any atom is 0.277 e. The number of aromatic nitrogens is 6. The summed E-state index contributed by atoms with van der Waals surface area (Å²) in [5, 5.41) is 0. The molecule has 0 saturated carbocycles. The van der Waals surface area contributed by atoms with E-state index in [0.717, 1.165) is 23.0 Å². The molecule has 0 spiro atoms. The summed E-state index contributed by atoms with van der Waals surface area (Å²) in [6, 6.07) is 22.4. The molecule has 5 aromatic rings. The average molecular weight is 366 g/mol. The Morgan fingerprint density at radius 2 is 1.07 bits per heavy atom. The van der Waals surface area contributed by atoms with Crippen LogP contribution in [0.15, 0.2) is 110 Å². The Morgan fingerprint density at radius 3 is 1.54 bits per heavy atom. The number of rotatable bonds is 4. The summed E-state index contributed by atoms with van der Waals surface area (Å²) in [7, 11) is 0. The molecular weight excluding hydrogens is 348 g/mol. The molecular formula is C22H18N6+2. The highest BCUT2D eigenvalue weighted by Gasteiger charge is 2.15. The van der Waals surface area contributed by atoms with E-state index in [4.69, 9.17) is 0 Å². The van der Waals surface area contributed by atoms with Crippen molar-refractivity contribution in [3.63, 3.8) is 0 Å². The van der Waals surface area contributed by atoms with Crippen LogP contribution in [0.4, 0.5) is 0 Å². The fraction of sp³-hybridized carbons (Fsp3) is 0. The number of hydrogen-bond donors (Lipinski definition) is 0. The highest BCUT2D eigenvalue weighted by atomic mass is 15.2. The molecule has 0 unspecified atom stereocenters. The Labute approximate surface area is 162 Å². The largest absolute Gasteiger partial charge is 0.277 e. The summed E-state index contributed by atoms with van der Waals surface area (Å²) in [6.45, 7) is 0. The van der Waals surface area contributed by atoms with Crippen LogP contribution in [0.2, 0.25) is 0 Å². The lowest BCUT2D eigenvalue weighted by Gasteiger charge is -1.97. The van der Waals surface area contributed by atoms with E-state index in [-0.39, 0.29) is 0 Å². The SMILES string of the molecule is c1ccc(-n2cc[n+](-c3cc(-[n+]4ccn(-c5ccccc5)c4)ncn3)c2)cc1. The first-order chi connectivity index (χ1) is 13.9. The third-order valence-corrected chi connectivity index (χ3v) is 4.55. The van der Waals surface area contributed by atoms with Crippen molar-refractivity contribution in [1.82, 2.24) is 19.1 Å². The van der Waals surface area contributed by atoms with Gasteiger partial charge >= 0.3 is 0 Å². The molecule has 3 heterocycles. The van der Waals surface area contributed by atoms with Gasteiger partial charge in [-0.3, -0.25) is 0 Å². The number of para-hydroxylation sites is 2. The highest BCUT2D eigenvalue weighted by Crippen LogP contribution is 2.07. The molecule has 2 aromatic carbocycles. The topological polar surface area (TPSA) is 43.4 Å². The van der Waals surface area contributed by atoms with E-state index in [2.05, 4.69) is 43.4 Å². The van der Waals surface area contributed by atoms with E-state index in [9.17, 15) is 0 Å². The molecule has 3 aromatic heterocycles. The maximum absolute atomic E-state index is 4.43. The predicted molar refractivity (Wildman–Crippen MR) is 104 cm³/mol. The molecule has 134 valence electrons. The summed E-state index contributed by atoms with van der Waals surface area (Å²) in [5.41, 5.74) is 2.20. The van der Waals surface area contributed by atoms with E-state index >= 15 is 0 Å². The molecule has 0 atom stereocenters. The minimum Gasteiger partial charge on any atom is -0.236 e. The van der Waals surface area contributed by atoms with Crippen LogP contribution in [0.25, 0.3) is 23.0 Å². The molecule has 0 aliphatic carbocycles. The zero-order chi connectivity index (χ0) is 18.8. The molecule has 0 N–H and O–H groups in total. The molecule has 28 heavy (non-hydrogen) atoms. The second-order valence-corrected chi connectivity index (χ2v) is 6.36. The first-order valence-electron chi connectivity index (χ1n) is 8.99. The molecule has 0 bridgehead atoms. The molecule has 0 saturated heterocycles. The van der Waals surface area contributed by atoms with Crippen molar-refractivity contribution in [2.45, 2.75) is 0 Å². The van der Waals surface area contributed by atoms with E-state index in [0.29, 0.717) is 0 Å². The van der Waals surface area contributed by atoms with Gasteiger partial charge in [0.05, 0.1) is 18.5 Å². The molecule has 6 heteroatoms. The second kappa shape index (κ2) is 6.92. The van der Waals surface area contributed by atoms with E-state index in [1.165, 1.54) is 0 Å². The molecule has 0 amide bonds. The van der Waals surface area contributed by atoms with Gasteiger partial charge < -0.3 is 0 Å². The summed E-state index contributed by atoms with van der Waals surface area (Å²) in [5.74, 6) is 1.61. The molecule has 0 aliphatic heterocycles. The van der Waals surface area contributed by atoms with E-state index in [1.54, 1.807) is 6.33 Å². The Kier molecular flexibility index (Phi) is 3.99. The standard InChI is InChI=1S/C22H18N6/c1-3-7-19(8-4-1)25-11-13-27(17-25)21-15-22(24-16-23-21)28-14-12-26(18-28)20-9-5-2-6-10-20/h1-18H/q+2. The average Bonchev–Trinajstić information content (AvgIpc) is 3.46. The van der Waals surface area contributed by atoms with Gasteiger partial charge in [0.15, 0.2) is 12.7 Å². The van der Waals surface area contributed by atoms with Crippen LogP contribution in [0, 0.1) is 0 Å². The minimum absolute atomic E-state index is 0.805. The van der Waals surface area contributed by atoms with Gasteiger partial charge in [-0.2, -0.15) is 0 Å². The lowest BCUT2D eigenvalue weighted by Crippen LogP contribution is -2.33. The van der Waals surface area contributed by atoms with Gasteiger partial charge in [0.25, 0.3) is 18.0 Å². The fourth-order valence-corrected chi connectivity index (χ4v) is 3.11. The molecule has 0 fully saturated rings. The monoisotopic (exact) mass is 366 g/mol. The summed E-state index contributed by atoms with van der Waals surface area (Å²) in [6.07, 6.45) is 13.6. The Morgan fingerprint density at radius 1 is 0.607 bits per heavy atom. The van der Waals surface area contributed by atoms with Gasteiger partial charge in [0.2, 0.25) is 0 Å². The van der Waals surface area contributed by atoms with Crippen molar-refractivity contribution in [2.75, 3.05) is 0 Å². The summed E-state index contributed by atoms with van der Waals surface area (Å²) >= 11 is 0. The van der Waals surface area contributed by atoms with Crippen LogP contribution in [-0.4, -0.2) is 19.1 Å². The van der Waals surface area contributed by atoms with Gasteiger partial charge in [0, 0.05) is 0 Å². The van der Waals surface area contributed by atoms with Crippen LogP contribution in [0.3, 0.4) is 0 Å². The van der Waals surface area contributed by atoms with Crippen LogP contribution in [-0.2, 0) is 0 Å². The van der Waals surface area contributed by atoms with Gasteiger partial charge in [-0.15, -0.1) is 0 Å². The van der Waals surface area contributed by atoms with Crippen molar-refractivity contribution in [1.29, 1.82) is 0 Å². The van der Waals surface area contributed by atoms with Gasteiger partial charge in [0.1, 0.15) is 23.8 Å². The molecule has 6 nitrogen and oxygen atoms in total. The fourth-order valence-electron chi connectivity index (χ4n) is 3.11. The van der Waals surface area contributed by atoms with Crippen molar-refractivity contribution < 1.29 is 9.13 Å². The third-order valence-electron chi connectivity index (χ3n) is 4.55. The van der Waals surface area contributed by atoms with Gasteiger partial charge in [-0.25, -0.2) is 18.3 Å². The van der Waals surface area contributed by atoms with Crippen LogP contribution >= 0.6 is 0 Å². The van der Waals surface area contributed by atoms with Gasteiger partial charge in [-0.05, 0) is 24.3 Å². The van der Waals surface area contributed by atoms with Crippen molar-refractivity contribution in [2.24, 2.45) is 0 Å². The summed E-state index contributed by atoms with van der Waals surface area (Å²) < 4.78 is 8.07. The number of nitrogens with zero attached hydrogens (tertiary/aromatic N) is 6. The lowest BCUT2D eigenvalue weighted by atomic mass is 10.3. The van der Waals surface area contributed by atoms with E-state index < -0.39 is 0 Å². The van der Waals surface area contributed by atoms with Crippen LogP contribution in [0.5, 0.6) is 0 Å². The number of benzene rings is 2. The van der Waals surface area contributed by atoms with Crippen molar-refractivity contribution in [3.05, 3.63) is 110 Å². The smallest absolute Gasteiger partial charge is 0.236 e. The van der Waals surface area contributed by atoms with Crippen LogP contribution < -0.4 is 9.13 Å². The first kappa shape index (κ1) is 16.1. The normalized spacial score (nSPS) is 10.9. The molecule has 0 radical (unpaired) electrons. The Bertz CT molecular complexity index is 1120. The van der Waals surface area contributed by atoms with E-state index in [1.807, 2.05) is 89.0 Å². The minimum atomic E-state index is 0.805. The Balaban J connectivity index is 1.46. The zero-order valence-electron chi connectivity index (χ0n) is 15.1. The number of hydrogen-bond acceptors (Lipinski definition) is 2. The first-order valence-corrected chi connectivity index (χ1v) is 8.99. The molecule has 5 rings (SSSR count). The van der Waals surface area contributed by atoms with Crippen molar-refractivity contribution in [3.8, 4) is 23.0 Å². The summed E-state index contributed by atoms with van der Waals surface area (Å²) in [4.78, 5) is 8.85. The highest BCUT2D eigenvalue weighted by molar-refractivity contribution is 5.31. The lowest BCUT2D eigenvalue weighted by molar-refractivity contribution is -0.607. The number of imidazole rings is 2. The van der Waals surface area contributed by atoms with Crippen molar-refractivity contribution >= 4 is 0 Å². The second-order valence-electron chi connectivity index (χ2n) is 6.36. The Hall–Kier alpha value is -4.06. The van der Waals surface area contributed by atoms with Crippen LogP contribution in [0.1, 0.15) is 0 Å². The zero-order valence-corrected chi connectivity index (χ0v) is 15.1. The third kappa shape index (κ3) is 3.07. The van der Waals surface area contributed by atoms with Gasteiger partial charge in [-0.1, -0.05) is 46.4 Å². The molecule has 0 aliphatic rings. The maximum atomic E-state index is 4.43. The quantitative estimate of drug-likeness (QED) is 0.459.